The van der Waals surface area contributed by atoms with E-state index in [9.17, 15) is 0 Å². The van der Waals surface area contributed by atoms with Crippen molar-refractivity contribution in [1.29, 1.82) is 0 Å². The van der Waals surface area contributed by atoms with Gasteiger partial charge in [0, 0.05) is 6.21 Å². The van der Waals surface area contributed by atoms with E-state index in [0.29, 0.717) is 12.0 Å². The summed E-state index contributed by atoms with van der Waals surface area (Å²) in [6.07, 6.45) is 4.64. The predicted molar refractivity (Wildman–Crippen MR) is 45.5 cm³/mol. The monoisotopic (exact) mass is 139 g/mol. The molecule has 0 aliphatic carbocycles. The topological polar surface area (TPSA) is 12.4 Å². The zero-order chi connectivity index (χ0) is 7.56. The number of rotatable bonds is 2. The lowest BCUT2D eigenvalue weighted by molar-refractivity contribution is 0.409. The molecule has 0 radical (unpaired) electrons. The number of hydrogen-bond donors (Lipinski definition) is 0. The van der Waals surface area contributed by atoms with E-state index in [-0.39, 0.29) is 0 Å². The van der Waals surface area contributed by atoms with Gasteiger partial charge in [-0.3, -0.25) is 4.99 Å². The third kappa shape index (κ3) is 1.39. The molecular formula is C9H17N. The van der Waals surface area contributed by atoms with E-state index in [1.54, 1.807) is 0 Å². The lowest BCUT2D eigenvalue weighted by atomic mass is 9.91. The molecule has 3 unspecified atom stereocenters. The van der Waals surface area contributed by atoms with Crippen molar-refractivity contribution < 1.29 is 0 Å². The second-order valence-electron chi connectivity index (χ2n) is 3.37. The van der Waals surface area contributed by atoms with Gasteiger partial charge in [-0.15, -0.1) is 0 Å². The third-order valence-electron chi connectivity index (χ3n) is 2.53. The molecule has 0 N–H and O–H groups in total. The molecule has 1 rings (SSSR count). The molecule has 1 heteroatoms. The molecule has 0 spiro atoms. The van der Waals surface area contributed by atoms with Gasteiger partial charge in [0.1, 0.15) is 0 Å². The molecule has 1 aliphatic heterocycles. The Balaban J connectivity index is 2.41. The van der Waals surface area contributed by atoms with Gasteiger partial charge in [0.05, 0.1) is 6.04 Å². The molecule has 1 heterocycles. The van der Waals surface area contributed by atoms with E-state index in [0.717, 1.165) is 5.92 Å². The molecule has 10 heavy (non-hydrogen) atoms. The summed E-state index contributed by atoms with van der Waals surface area (Å²) >= 11 is 0. The Labute approximate surface area is 63.5 Å². The lowest BCUT2D eigenvalue weighted by Gasteiger charge is -2.14. The molecular weight excluding hydrogens is 122 g/mol. The van der Waals surface area contributed by atoms with Crippen molar-refractivity contribution in [2.45, 2.75) is 39.7 Å². The highest BCUT2D eigenvalue weighted by molar-refractivity contribution is 5.63. The minimum absolute atomic E-state index is 0.625. The first-order valence-electron chi connectivity index (χ1n) is 4.29. The Bertz CT molecular complexity index is 129. The number of nitrogens with zero attached hydrogens (tertiary/aromatic N) is 1. The largest absolute Gasteiger partial charge is 0.294 e. The molecule has 0 aromatic heterocycles. The van der Waals surface area contributed by atoms with Crippen LogP contribution in [0.15, 0.2) is 4.99 Å². The Kier molecular flexibility index (Phi) is 2.47. The summed E-state index contributed by atoms with van der Waals surface area (Å²) in [5.41, 5.74) is 0. The Morgan fingerprint density at radius 1 is 1.40 bits per heavy atom. The van der Waals surface area contributed by atoms with Crippen LogP contribution in [0, 0.1) is 11.8 Å². The van der Waals surface area contributed by atoms with Gasteiger partial charge in [0.15, 0.2) is 0 Å². The van der Waals surface area contributed by atoms with Crippen molar-refractivity contribution in [3.63, 3.8) is 0 Å². The molecule has 0 fully saturated rings. The van der Waals surface area contributed by atoms with Crippen LogP contribution in [-0.4, -0.2) is 12.3 Å². The summed E-state index contributed by atoms with van der Waals surface area (Å²) in [5.74, 6) is 1.48. The molecule has 0 saturated heterocycles. The highest BCUT2D eigenvalue weighted by Crippen LogP contribution is 2.25. The van der Waals surface area contributed by atoms with Crippen LogP contribution in [0.3, 0.4) is 0 Å². The zero-order valence-corrected chi connectivity index (χ0v) is 7.17. The van der Waals surface area contributed by atoms with E-state index in [1.807, 2.05) is 0 Å². The maximum atomic E-state index is 4.46. The normalized spacial score (nSPS) is 38.9. The SMILES string of the molecule is CCCC1N=CC(C)C1C. The average Bonchev–Trinajstić information content (AvgIpc) is 2.20. The van der Waals surface area contributed by atoms with Crippen molar-refractivity contribution >= 4 is 6.21 Å². The van der Waals surface area contributed by atoms with Gasteiger partial charge < -0.3 is 0 Å². The standard InChI is InChI=1S/C9H17N/c1-4-5-9-8(3)7(2)6-10-9/h6-9H,4-5H2,1-3H3. The van der Waals surface area contributed by atoms with Crippen molar-refractivity contribution in [3.05, 3.63) is 0 Å². The lowest BCUT2D eigenvalue weighted by Crippen LogP contribution is -2.15. The van der Waals surface area contributed by atoms with Gasteiger partial charge >= 0.3 is 0 Å². The zero-order valence-electron chi connectivity index (χ0n) is 7.17. The van der Waals surface area contributed by atoms with Crippen molar-refractivity contribution in [2.24, 2.45) is 16.8 Å². The molecule has 0 amide bonds. The third-order valence-corrected chi connectivity index (χ3v) is 2.53. The highest BCUT2D eigenvalue weighted by atomic mass is 14.8. The fourth-order valence-corrected chi connectivity index (χ4v) is 1.50. The predicted octanol–water partition coefficient (Wildman–Crippen LogP) is 2.51. The van der Waals surface area contributed by atoms with Crippen LogP contribution in [0.25, 0.3) is 0 Å². The minimum Gasteiger partial charge on any atom is -0.294 e. The molecule has 1 aliphatic rings. The van der Waals surface area contributed by atoms with Gasteiger partial charge in [-0.25, -0.2) is 0 Å². The second-order valence-corrected chi connectivity index (χ2v) is 3.37. The summed E-state index contributed by atoms with van der Waals surface area (Å²) in [4.78, 5) is 4.46. The summed E-state index contributed by atoms with van der Waals surface area (Å²) < 4.78 is 0. The first-order valence-corrected chi connectivity index (χ1v) is 4.29. The smallest absolute Gasteiger partial charge is 0.0527 e. The highest BCUT2D eigenvalue weighted by Gasteiger charge is 2.24. The van der Waals surface area contributed by atoms with Crippen molar-refractivity contribution in [2.75, 3.05) is 0 Å². The van der Waals surface area contributed by atoms with E-state index in [4.69, 9.17) is 0 Å². The maximum Gasteiger partial charge on any atom is 0.0527 e. The number of aliphatic imine (C=N–C) groups is 1. The molecule has 0 bridgehead atoms. The van der Waals surface area contributed by atoms with E-state index in [2.05, 4.69) is 32.0 Å². The molecule has 3 atom stereocenters. The second kappa shape index (κ2) is 3.18. The summed E-state index contributed by atoms with van der Waals surface area (Å²) in [6.45, 7) is 6.78. The van der Waals surface area contributed by atoms with Crippen molar-refractivity contribution in [1.82, 2.24) is 0 Å². The van der Waals surface area contributed by atoms with Crippen LogP contribution >= 0.6 is 0 Å². The van der Waals surface area contributed by atoms with Gasteiger partial charge in [0.25, 0.3) is 0 Å². The fourth-order valence-electron chi connectivity index (χ4n) is 1.50. The molecule has 0 aromatic carbocycles. The maximum absolute atomic E-state index is 4.46. The minimum atomic E-state index is 0.625. The van der Waals surface area contributed by atoms with Crippen LogP contribution < -0.4 is 0 Å². The van der Waals surface area contributed by atoms with Crippen LogP contribution in [0.4, 0.5) is 0 Å². The summed E-state index contributed by atoms with van der Waals surface area (Å²) in [7, 11) is 0. The van der Waals surface area contributed by atoms with E-state index >= 15 is 0 Å². The van der Waals surface area contributed by atoms with Gasteiger partial charge in [-0.05, 0) is 18.3 Å². The Morgan fingerprint density at radius 3 is 2.50 bits per heavy atom. The van der Waals surface area contributed by atoms with Crippen LogP contribution in [0.5, 0.6) is 0 Å². The van der Waals surface area contributed by atoms with Crippen LogP contribution in [0.2, 0.25) is 0 Å². The molecule has 0 saturated carbocycles. The van der Waals surface area contributed by atoms with Gasteiger partial charge in [-0.2, -0.15) is 0 Å². The quantitative estimate of drug-likeness (QED) is 0.557. The van der Waals surface area contributed by atoms with Crippen molar-refractivity contribution in [3.8, 4) is 0 Å². The van der Waals surface area contributed by atoms with E-state index in [1.165, 1.54) is 12.8 Å². The van der Waals surface area contributed by atoms with Gasteiger partial charge in [0.2, 0.25) is 0 Å². The Morgan fingerprint density at radius 2 is 2.10 bits per heavy atom. The molecule has 58 valence electrons. The van der Waals surface area contributed by atoms with Crippen LogP contribution in [0.1, 0.15) is 33.6 Å². The van der Waals surface area contributed by atoms with E-state index < -0.39 is 0 Å². The first kappa shape index (κ1) is 7.77. The fraction of sp³-hybridized carbons (Fsp3) is 0.889. The van der Waals surface area contributed by atoms with Crippen LogP contribution in [-0.2, 0) is 0 Å². The molecule has 1 nitrogen and oxygen atoms in total. The summed E-state index contributed by atoms with van der Waals surface area (Å²) in [5, 5.41) is 0. The van der Waals surface area contributed by atoms with Gasteiger partial charge in [-0.1, -0.05) is 27.2 Å². The summed E-state index contributed by atoms with van der Waals surface area (Å²) in [6, 6.07) is 0.625. The number of hydrogen-bond acceptors (Lipinski definition) is 1. The Hall–Kier alpha value is -0.330. The first-order chi connectivity index (χ1) is 4.75. The molecule has 0 aromatic rings. The average molecular weight is 139 g/mol.